The maximum atomic E-state index is 13.2. The minimum Gasteiger partial charge on any atom is -0.507 e. The first-order valence-corrected chi connectivity index (χ1v) is 10.1. The smallest absolute Gasteiger partial charge is 0.300 e. The molecule has 0 aliphatic carbocycles. The second-order valence-corrected chi connectivity index (χ2v) is 7.44. The number of anilines is 1. The molecule has 4 rings (SSSR count). The van der Waals surface area contributed by atoms with Gasteiger partial charge in [-0.25, -0.2) is 0 Å². The number of furan rings is 1. The van der Waals surface area contributed by atoms with Gasteiger partial charge in [0.25, 0.3) is 11.7 Å². The van der Waals surface area contributed by atoms with Crippen molar-refractivity contribution in [1.82, 2.24) is 0 Å². The van der Waals surface area contributed by atoms with Gasteiger partial charge in [0.2, 0.25) is 0 Å². The Bertz CT molecular complexity index is 1180. The number of nitrogens with zero attached hydrogens (tertiary/aromatic N) is 1. The Morgan fingerprint density at radius 3 is 2.61 bits per heavy atom. The molecule has 1 fully saturated rings. The number of carbonyl (C=O) groups is 2. The summed E-state index contributed by atoms with van der Waals surface area (Å²) in [4.78, 5) is 27.7. The number of aryl methyl sites for hydroxylation is 2. The van der Waals surface area contributed by atoms with Gasteiger partial charge in [-0.3, -0.25) is 14.5 Å². The normalized spacial score (nSPS) is 17.9. The van der Waals surface area contributed by atoms with Gasteiger partial charge in [0.05, 0.1) is 18.4 Å². The topological polar surface area (TPSA) is 80.0 Å². The highest BCUT2D eigenvalue weighted by atomic mass is 16.5. The third kappa shape index (κ3) is 3.61. The molecule has 3 aromatic rings. The lowest BCUT2D eigenvalue weighted by Gasteiger charge is -2.25. The number of hydrogen-bond acceptors (Lipinski definition) is 5. The summed E-state index contributed by atoms with van der Waals surface area (Å²) in [6, 6.07) is 15.0. The van der Waals surface area contributed by atoms with Crippen LogP contribution in [0.4, 0.5) is 5.69 Å². The maximum absolute atomic E-state index is 13.2. The van der Waals surface area contributed by atoms with E-state index in [0.717, 1.165) is 11.1 Å². The van der Waals surface area contributed by atoms with E-state index in [1.165, 1.54) is 11.2 Å². The van der Waals surface area contributed by atoms with E-state index in [-0.39, 0.29) is 11.3 Å². The summed E-state index contributed by atoms with van der Waals surface area (Å²) < 4.78 is 11.1. The molecule has 1 aromatic heterocycles. The van der Waals surface area contributed by atoms with E-state index in [1.54, 1.807) is 36.4 Å². The molecule has 2 heterocycles. The van der Waals surface area contributed by atoms with Crippen LogP contribution in [0, 0.1) is 13.8 Å². The Balaban J connectivity index is 1.92. The number of ketones is 1. The first-order valence-electron chi connectivity index (χ1n) is 10.1. The predicted molar refractivity (Wildman–Crippen MR) is 117 cm³/mol. The predicted octanol–water partition coefficient (Wildman–Crippen LogP) is 4.92. The number of rotatable bonds is 5. The zero-order chi connectivity index (χ0) is 22.1. The summed E-state index contributed by atoms with van der Waals surface area (Å²) in [6.07, 6.45) is 1.48. The average Bonchev–Trinajstić information content (AvgIpc) is 3.37. The molecule has 1 aliphatic heterocycles. The highest BCUT2D eigenvalue weighted by Crippen LogP contribution is 2.43. The molecular weight excluding hydrogens is 394 g/mol. The number of aliphatic hydroxyl groups excluding tert-OH is 1. The van der Waals surface area contributed by atoms with Crippen LogP contribution >= 0.6 is 0 Å². The fourth-order valence-electron chi connectivity index (χ4n) is 3.83. The van der Waals surface area contributed by atoms with Crippen molar-refractivity contribution in [3.8, 4) is 5.75 Å². The third-order valence-corrected chi connectivity index (χ3v) is 5.30. The van der Waals surface area contributed by atoms with Crippen molar-refractivity contribution in [3.05, 3.63) is 88.9 Å². The summed E-state index contributed by atoms with van der Waals surface area (Å²) in [5, 5.41) is 11.1. The van der Waals surface area contributed by atoms with Gasteiger partial charge in [-0.15, -0.1) is 0 Å². The van der Waals surface area contributed by atoms with Crippen molar-refractivity contribution in [2.75, 3.05) is 11.5 Å². The van der Waals surface area contributed by atoms with Gasteiger partial charge < -0.3 is 14.3 Å². The van der Waals surface area contributed by atoms with Crippen molar-refractivity contribution in [3.63, 3.8) is 0 Å². The zero-order valence-electron chi connectivity index (χ0n) is 17.6. The average molecular weight is 417 g/mol. The van der Waals surface area contributed by atoms with E-state index < -0.39 is 17.7 Å². The molecule has 0 bridgehead atoms. The van der Waals surface area contributed by atoms with Crippen molar-refractivity contribution >= 4 is 23.1 Å². The second-order valence-electron chi connectivity index (χ2n) is 7.44. The molecule has 1 unspecified atom stereocenters. The maximum Gasteiger partial charge on any atom is 0.300 e. The summed E-state index contributed by atoms with van der Waals surface area (Å²) >= 11 is 0. The largest absolute Gasteiger partial charge is 0.507 e. The van der Waals surface area contributed by atoms with Crippen LogP contribution < -0.4 is 9.64 Å². The van der Waals surface area contributed by atoms with E-state index in [2.05, 4.69) is 0 Å². The molecule has 158 valence electrons. The molecule has 1 aliphatic rings. The monoisotopic (exact) mass is 417 g/mol. The summed E-state index contributed by atoms with van der Waals surface area (Å²) in [5.74, 6) is -0.791. The summed E-state index contributed by atoms with van der Waals surface area (Å²) in [5.41, 5.74) is 2.76. The van der Waals surface area contributed by atoms with Gasteiger partial charge in [-0.05, 0) is 62.2 Å². The lowest BCUT2D eigenvalue weighted by Crippen LogP contribution is -2.30. The summed E-state index contributed by atoms with van der Waals surface area (Å²) in [6.45, 7) is 6.12. The van der Waals surface area contributed by atoms with Crippen molar-refractivity contribution in [2.24, 2.45) is 0 Å². The van der Waals surface area contributed by atoms with Crippen LogP contribution in [0.3, 0.4) is 0 Å². The number of ether oxygens (including phenoxy) is 1. The van der Waals surface area contributed by atoms with E-state index >= 15 is 0 Å². The van der Waals surface area contributed by atoms with Crippen LogP contribution in [0.5, 0.6) is 5.75 Å². The lowest BCUT2D eigenvalue weighted by molar-refractivity contribution is -0.132. The van der Waals surface area contributed by atoms with Crippen LogP contribution in [0.25, 0.3) is 5.76 Å². The Kier molecular flexibility index (Phi) is 5.38. The molecule has 0 saturated carbocycles. The molecule has 6 heteroatoms. The summed E-state index contributed by atoms with van der Waals surface area (Å²) in [7, 11) is 0. The van der Waals surface area contributed by atoms with E-state index in [1.807, 2.05) is 39.0 Å². The molecule has 1 saturated heterocycles. The Morgan fingerprint density at radius 1 is 1.10 bits per heavy atom. The quantitative estimate of drug-likeness (QED) is 0.362. The fourth-order valence-corrected chi connectivity index (χ4v) is 3.83. The molecule has 1 amide bonds. The zero-order valence-corrected chi connectivity index (χ0v) is 17.6. The van der Waals surface area contributed by atoms with Crippen LogP contribution in [-0.2, 0) is 9.59 Å². The Morgan fingerprint density at radius 2 is 1.90 bits per heavy atom. The van der Waals surface area contributed by atoms with E-state index in [0.29, 0.717) is 29.4 Å². The number of carbonyl (C=O) groups excluding carboxylic acids is 2. The molecule has 6 nitrogen and oxygen atoms in total. The Labute approximate surface area is 180 Å². The molecule has 0 radical (unpaired) electrons. The van der Waals surface area contributed by atoms with Gasteiger partial charge in [0.15, 0.2) is 0 Å². The van der Waals surface area contributed by atoms with Crippen molar-refractivity contribution < 1.29 is 23.8 Å². The molecular formula is C25H23NO5. The van der Waals surface area contributed by atoms with Crippen LogP contribution in [0.2, 0.25) is 0 Å². The number of amides is 1. The Hall–Kier alpha value is -3.80. The molecule has 2 aromatic carbocycles. The SMILES string of the molecule is CCOc1cccc(/C(O)=C2/C(=O)C(=O)N(c3cc(C)ccc3C)C2c2ccco2)c1. The molecule has 31 heavy (non-hydrogen) atoms. The van der Waals surface area contributed by atoms with Gasteiger partial charge in [-0.1, -0.05) is 24.3 Å². The molecule has 1 atom stereocenters. The highest BCUT2D eigenvalue weighted by Gasteiger charge is 2.48. The number of hydrogen-bond donors (Lipinski definition) is 1. The van der Waals surface area contributed by atoms with Gasteiger partial charge >= 0.3 is 0 Å². The first-order chi connectivity index (χ1) is 14.9. The highest BCUT2D eigenvalue weighted by molar-refractivity contribution is 6.51. The van der Waals surface area contributed by atoms with Crippen LogP contribution in [-0.4, -0.2) is 23.4 Å². The number of benzene rings is 2. The minimum absolute atomic E-state index is 0.0190. The fraction of sp³-hybridized carbons (Fsp3) is 0.200. The first kappa shape index (κ1) is 20.5. The van der Waals surface area contributed by atoms with Gasteiger partial charge in [0, 0.05) is 11.3 Å². The number of aliphatic hydroxyl groups is 1. The van der Waals surface area contributed by atoms with E-state index in [4.69, 9.17) is 9.15 Å². The molecule has 1 N–H and O–H groups in total. The van der Waals surface area contributed by atoms with E-state index in [9.17, 15) is 14.7 Å². The van der Waals surface area contributed by atoms with Crippen LogP contribution in [0.1, 0.15) is 35.4 Å². The molecule has 0 spiro atoms. The number of Topliss-reactive ketones (excluding diaryl/α,β-unsaturated/α-hetero) is 1. The van der Waals surface area contributed by atoms with Gasteiger partial charge in [0.1, 0.15) is 23.3 Å². The standard InChI is InChI=1S/C25H23NO5/c1-4-30-18-8-5-7-17(14-18)23(27)21-22(20-9-6-12-31-20)26(25(29)24(21)28)19-13-15(2)10-11-16(19)3/h5-14,22,27H,4H2,1-3H3/b23-21-. The second kappa shape index (κ2) is 8.14. The van der Waals surface area contributed by atoms with Gasteiger partial charge in [-0.2, -0.15) is 0 Å². The lowest BCUT2D eigenvalue weighted by atomic mass is 9.98. The van der Waals surface area contributed by atoms with Crippen molar-refractivity contribution in [1.29, 1.82) is 0 Å². The van der Waals surface area contributed by atoms with Crippen molar-refractivity contribution in [2.45, 2.75) is 26.8 Å². The van der Waals surface area contributed by atoms with Crippen LogP contribution in [0.15, 0.2) is 70.9 Å². The third-order valence-electron chi connectivity index (χ3n) is 5.30. The minimum atomic E-state index is -0.883.